The topological polar surface area (TPSA) is 162 Å². The summed E-state index contributed by atoms with van der Waals surface area (Å²) in [7, 11) is 0. The van der Waals surface area contributed by atoms with Crippen LogP contribution in [0.1, 0.15) is 148 Å². The van der Waals surface area contributed by atoms with Crippen molar-refractivity contribution in [1.82, 2.24) is 4.90 Å². The Labute approximate surface area is 381 Å². The lowest BCUT2D eigenvalue weighted by Gasteiger charge is -2.59. The van der Waals surface area contributed by atoms with Crippen LogP contribution in [0.5, 0.6) is 17.2 Å². The zero-order valence-electron chi connectivity index (χ0n) is 38.8. The first-order valence-corrected chi connectivity index (χ1v) is 24.3. The number of oxime groups is 1. The molecule has 1 amide bonds. The predicted octanol–water partition coefficient (Wildman–Crippen LogP) is 11.8. The third-order valence-electron chi connectivity index (χ3n) is 13.0. The molecule has 0 unspecified atom stereocenters. The third kappa shape index (κ3) is 13.1. The number of hydrogen-bond donors (Lipinski definition) is 2. The van der Waals surface area contributed by atoms with Crippen LogP contribution in [0.3, 0.4) is 0 Å². The van der Waals surface area contributed by atoms with Crippen LogP contribution in [0.25, 0.3) is 0 Å². The van der Waals surface area contributed by atoms with E-state index in [2.05, 4.69) is 19.6 Å². The Hall–Kier alpha value is -4.46. The highest BCUT2D eigenvalue weighted by Gasteiger charge is 2.65. The maximum absolute atomic E-state index is 14.5. The van der Waals surface area contributed by atoms with Crippen molar-refractivity contribution in [3.05, 3.63) is 82.4 Å². The van der Waals surface area contributed by atoms with Crippen molar-refractivity contribution in [2.24, 2.45) is 22.9 Å². The summed E-state index contributed by atoms with van der Waals surface area (Å²) in [5.74, 6) is -0.636. The number of hydrogen-bond acceptors (Lipinski definition) is 11. The van der Waals surface area contributed by atoms with Gasteiger partial charge in [0.05, 0.1) is 35.8 Å². The van der Waals surface area contributed by atoms with E-state index in [-0.39, 0.29) is 43.3 Å². The maximum atomic E-state index is 14.5. The summed E-state index contributed by atoms with van der Waals surface area (Å²) in [6.07, 6.45) is 20.9. The number of fused-ring (bicyclic) bond motifs is 2. The van der Waals surface area contributed by atoms with Crippen molar-refractivity contribution in [2.75, 3.05) is 39.6 Å². The van der Waals surface area contributed by atoms with Gasteiger partial charge in [-0.1, -0.05) is 108 Å². The van der Waals surface area contributed by atoms with E-state index in [0.717, 1.165) is 61.8 Å². The van der Waals surface area contributed by atoms with Gasteiger partial charge in [0, 0.05) is 43.7 Å². The molecule has 0 radical (unpaired) electrons. The minimum atomic E-state index is -1.40. The van der Waals surface area contributed by atoms with E-state index in [1.165, 1.54) is 57.1 Å². The number of aliphatic hydroxyl groups is 2. The molecule has 2 aromatic rings. The number of allylic oxidation sites excluding steroid dienone is 1. The Bertz CT molecular complexity index is 1840. The molecule has 1 fully saturated rings. The molecule has 5 rings (SSSR count). The molecule has 6 atom stereocenters. The standard InChI is InChI=1S/C51H75N3O10/c1-5-9-10-11-12-13-14-15-16-21-33-60-50(57)53(29-6-2)47-37-45(52-62-8-4)43-34-38(23-17-19-30-55)42(26-18-20-31-56)48-44-36-41(63-40-25-22-24-39(35-40)54(58)59)27-28-46(44)64-51(47,49(43)48)61-32-7-3/h7,22,24-25,27-28,34-36,38,42,47-49,55-56H,3,5-6,8-21,23,26,29-33,37H2,1-2,4H3/t38-,42+,47-,48+,49+,51+/m0/s1. The number of non-ortho nitro benzene ring substituents is 1. The summed E-state index contributed by atoms with van der Waals surface area (Å²) in [5, 5.41) is 36.2. The van der Waals surface area contributed by atoms with E-state index >= 15 is 0 Å². The van der Waals surface area contributed by atoms with Crippen LogP contribution in [0, 0.1) is 27.9 Å². The van der Waals surface area contributed by atoms with Gasteiger partial charge in [-0.25, -0.2) is 4.79 Å². The van der Waals surface area contributed by atoms with Gasteiger partial charge in [-0.15, -0.1) is 6.58 Å². The molecule has 0 spiro atoms. The van der Waals surface area contributed by atoms with Crippen molar-refractivity contribution >= 4 is 17.5 Å². The Kier molecular flexibility index (Phi) is 20.9. The fraction of sp³-hybridized carbons (Fsp3) is 0.647. The molecule has 354 valence electrons. The molecule has 2 N–H and O–H groups in total. The van der Waals surface area contributed by atoms with Crippen molar-refractivity contribution in [3.63, 3.8) is 0 Å². The molecule has 64 heavy (non-hydrogen) atoms. The number of ether oxygens (including phenoxy) is 4. The smallest absolute Gasteiger partial charge is 0.410 e. The highest BCUT2D eigenvalue weighted by atomic mass is 16.7. The van der Waals surface area contributed by atoms with Crippen LogP contribution in [-0.4, -0.2) is 83.2 Å². The minimum Gasteiger partial charge on any atom is -0.459 e. The minimum absolute atomic E-state index is 0.0245. The van der Waals surface area contributed by atoms with Gasteiger partial charge < -0.3 is 34.0 Å². The zero-order chi connectivity index (χ0) is 45.7. The molecule has 13 heteroatoms. The van der Waals surface area contributed by atoms with Crippen LogP contribution in [0.15, 0.2) is 71.9 Å². The molecule has 0 saturated heterocycles. The first-order valence-electron chi connectivity index (χ1n) is 24.3. The molecule has 2 aliphatic carbocycles. The zero-order valence-corrected chi connectivity index (χ0v) is 38.8. The number of nitro benzene ring substituents is 1. The van der Waals surface area contributed by atoms with Crippen molar-refractivity contribution < 1.29 is 43.7 Å². The number of unbranched alkanes of at least 4 members (excludes halogenated alkanes) is 11. The van der Waals surface area contributed by atoms with Crippen molar-refractivity contribution in [1.29, 1.82) is 0 Å². The highest BCUT2D eigenvalue weighted by molar-refractivity contribution is 6.03. The SMILES string of the molecule is C=CCO[C@@]12Oc3ccc(Oc4cccc([N+](=O)[O-])c4)cc3[C@H]3[C@H](CCCCO)[C@@H](CCCCO)C=C(C(=NOCC)C[C@@H]1N(CCC)C(=O)OCCCCCCCCCCCC)[C@H]32. The number of aliphatic hydroxyl groups excluding tert-OH is 2. The van der Waals surface area contributed by atoms with Crippen molar-refractivity contribution in [3.8, 4) is 17.2 Å². The van der Waals surface area contributed by atoms with Gasteiger partial charge in [-0.3, -0.25) is 15.0 Å². The Balaban J connectivity index is 1.58. The monoisotopic (exact) mass is 890 g/mol. The number of nitrogens with zero attached hydrogens (tertiary/aromatic N) is 3. The van der Waals surface area contributed by atoms with Crippen LogP contribution >= 0.6 is 0 Å². The maximum Gasteiger partial charge on any atom is 0.410 e. The molecule has 3 aliphatic rings. The van der Waals surface area contributed by atoms with Gasteiger partial charge in [0.2, 0.25) is 5.79 Å². The number of carbonyl (C=O) groups excluding carboxylic acids is 1. The first kappa shape index (κ1) is 50.5. The lowest BCUT2D eigenvalue weighted by molar-refractivity contribution is -0.384. The molecule has 13 nitrogen and oxygen atoms in total. The number of benzene rings is 2. The third-order valence-corrected chi connectivity index (χ3v) is 13.0. The van der Waals surface area contributed by atoms with E-state index < -0.39 is 28.8 Å². The molecule has 0 bridgehead atoms. The second-order valence-corrected chi connectivity index (χ2v) is 17.5. The fourth-order valence-corrected chi connectivity index (χ4v) is 10.1. The molecule has 1 heterocycles. The second kappa shape index (κ2) is 26.5. The van der Waals surface area contributed by atoms with Gasteiger partial charge in [-0.05, 0) is 87.1 Å². The van der Waals surface area contributed by atoms with E-state index in [4.69, 9.17) is 28.9 Å². The van der Waals surface area contributed by atoms with Gasteiger partial charge in [0.15, 0.2) is 0 Å². The first-order chi connectivity index (χ1) is 31.3. The Morgan fingerprint density at radius 1 is 0.922 bits per heavy atom. The molecular weight excluding hydrogens is 815 g/mol. The van der Waals surface area contributed by atoms with E-state index in [1.807, 2.05) is 26.0 Å². The van der Waals surface area contributed by atoms with Gasteiger partial charge in [0.1, 0.15) is 29.9 Å². The highest BCUT2D eigenvalue weighted by Crippen LogP contribution is 2.62. The summed E-state index contributed by atoms with van der Waals surface area (Å²) in [5.41, 5.74) is 2.48. The van der Waals surface area contributed by atoms with Crippen molar-refractivity contribution in [2.45, 2.75) is 154 Å². The molecule has 0 aromatic heterocycles. The van der Waals surface area contributed by atoms with Crippen LogP contribution in [0.4, 0.5) is 10.5 Å². The average Bonchev–Trinajstić information content (AvgIpc) is 3.30. The lowest BCUT2D eigenvalue weighted by atomic mass is 9.55. The van der Waals surface area contributed by atoms with E-state index in [0.29, 0.717) is 62.7 Å². The number of rotatable bonds is 30. The Morgan fingerprint density at radius 2 is 1.62 bits per heavy atom. The summed E-state index contributed by atoms with van der Waals surface area (Å²) < 4.78 is 26.8. The van der Waals surface area contributed by atoms with E-state index in [1.54, 1.807) is 29.2 Å². The Morgan fingerprint density at radius 3 is 2.30 bits per heavy atom. The fourth-order valence-electron chi connectivity index (χ4n) is 10.1. The normalized spacial score (nSPS) is 22.7. The number of nitro groups is 1. The molecule has 2 aromatic carbocycles. The van der Waals surface area contributed by atoms with Crippen LogP contribution in [0.2, 0.25) is 0 Å². The van der Waals surface area contributed by atoms with Crippen LogP contribution < -0.4 is 9.47 Å². The number of carbonyl (C=O) groups is 1. The number of amides is 1. The molecular formula is C51H75N3O10. The summed E-state index contributed by atoms with van der Waals surface area (Å²) >= 11 is 0. The van der Waals surface area contributed by atoms with Gasteiger partial charge >= 0.3 is 6.09 Å². The van der Waals surface area contributed by atoms with Gasteiger partial charge in [-0.2, -0.15) is 0 Å². The second-order valence-electron chi connectivity index (χ2n) is 17.5. The largest absolute Gasteiger partial charge is 0.459 e. The molecule has 1 aliphatic heterocycles. The lowest BCUT2D eigenvalue weighted by Crippen LogP contribution is -2.70. The quantitative estimate of drug-likeness (QED) is 0.0334. The van der Waals surface area contributed by atoms with Gasteiger partial charge in [0.25, 0.3) is 5.69 Å². The predicted molar refractivity (Wildman–Crippen MR) is 250 cm³/mol. The van der Waals surface area contributed by atoms with E-state index in [9.17, 15) is 25.1 Å². The summed E-state index contributed by atoms with van der Waals surface area (Å²) in [6, 6.07) is 11.1. The van der Waals surface area contributed by atoms with Crippen LogP contribution in [-0.2, 0) is 14.3 Å². The average molecular weight is 890 g/mol. The summed E-state index contributed by atoms with van der Waals surface area (Å²) in [6.45, 7) is 11.6. The summed E-state index contributed by atoms with van der Waals surface area (Å²) in [4.78, 5) is 33.3. The molecule has 1 saturated carbocycles.